The molecule has 0 radical (unpaired) electrons. The van der Waals surface area contributed by atoms with Crippen LogP contribution in [0.15, 0.2) is 24.3 Å². The van der Waals surface area contributed by atoms with Crippen LogP contribution < -0.4 is 9.47 Å². The van der Waals surface area contributed by atoms with E-state index in [1.807, 2.05) is 12.1 Å². The number of ether oxygens (including phenoxy) is 5. The van der Waals surface area contributed by atoms with Crippen LogP contribution in [-0.2, 0) is 14.2 Å². The van der Waals surface area contributed by atoms with Crippen molar-refractivity contribution in [3.63, 3.8) is 0 Å². The topological polar surface area (TPSA) is 66.4 Å². The standard InChI is InChI=1S/C14H20O6/c15-14-11-18-8-7-16-5-6-17-9-10-19-12-3-1-2-4-13(12)20-14/h1-4,14-15H,5-11H2. The van der Waals surface area contributed by atoms with Gasteiger partial charge in [0.2, 0.25) is 6.29 Å². The third-order valence-electron chi connectivity index (χ3n) is 2.60. The Kier molecular flexibility index (Phi) is 6.59. The Balaban J connectivity index is 1.95. The second kappa shape index (κ2) is 8.76. The summed E-state index contributed by atoms with van der Waals surface area (Å²) in [5, 5.41) is 9.75. The molecule has 0 spiro atoms. The Morgan fingerprint density at radius 3 is 2.15 bits per heavy atom. The molecule has 0 fully saturated rings. The second-order valence-electron chi connectivity index (χ2n) is 4.17. The van der Waals surface area contributed by atoms with Gasteiger partial charge in [0.25, 0.3) is 0 Å². The minimum Gasteiger partial charge on any atom is -0.487 e. The molecule has 1 aliphatic rings. The molecule has 0 aromatic heterocycles. The minimum absolute atomic E-state index is 0.0776. The highest BCUT2D eigenvalue weighted by Gasteiger charge is 2.11. The van der Waals surface area contributed by atoms with Crippen LogP contribution in [0.4, 0.5) is 0 Å². The summed E-state index contributed by atoms with van der Waals surface area (Å²) in [6.45, 7) is 2.85. The summed E-state index contributed by atoms with van der Waals surface area (Å²) >= 11 is 0. The quantitative estimate of drug-likeness (QED) is 0.761. The van der Waals surface area contributed by atoms with Crippen LogP contribution in [0.1, 0.15) is 0 Å². The summed E-state index contributed by atoms with van der Waals surface area (Å²) in [5.41, 5.74) is 0. The Hall–Kier alpha value is -1.34. The molecule has 6 nitrogen and oxygen atoms in total. The molecule has 0 aliphatic carbocycles. The lowest BCUT2D eigenvalue weighted by Crippen LogP contribution is -2.23. The zero-order valence-electron chi connectivity index (χ0n) is 11.3. The molecule has 6 heteroatoms. The molecule has 1 unspecified atom stereocenters. The lowest BCUT2D eigenvalue weighted by Gasteiger charge is -2.16. The Bertz CT molecular complexity index is 384. The van der Waals surface area contributed by atoms with E-state index in [1.165, 1.54) is 0 Å². The van der Waals surface area contributed by atoms with Crippen molar-refractivity contribution in [2.45, 2.75) is 6.29 Å². The van der Waals surface area contributed by atoms with Crippen molar-refractivity contribution in [3.8, 4) is 11.5 Å². The van der Waals surface area contributed by atoms with Crippen LogP contribution in [-0.4, -0.2) is 57.6 Å². The molecule has 0 saturated carbocycles. The van der Waals surface area contributed by atoms with Gasteiger partial charge in [0.1, 0.15) is 13.2 Å². The third kappa shape index (κ3) is 5.34. The molecule has 0 bridgehead atoms. The SMILES string of the molecule is OC1COCCOCCOCCOc2ccccc2O1. The van der Waals surface area contributed by atoms with Gasteiger partial charge in [-0.1, -0.05) is 12.1 Å². The minimum atomic E-state index is -1.04. The van der Waals surface area contributed by atoms with E-state index in [0.29, 0.717) is 51.1 Å². The fourth-order valence-corrected chi connectivity index (χ4v) is 1.68. The van der Waals surface area contributed by atoms with Crippen LogP contribution in [0, 0.1) is 0 Å². The maximum absolute atomic E-state index is 9.75. The molecule has 1 atom stereocenters. The van der Waals surface area contributed by atoms with Crippen LogP contribution in [0.25, 0.3) is 0 Å². The Morgan fingerprint density at radius 2 is 1.40 bits per heavy atom. The van der Waals surface area contributed by atoms with E-state index < -0.39 is 6.29 Å². The first-order valence-electron chi connectivity index (χ1n) is 6.66. The Labute approximate surface area is 118 Å². The summed E-state index contributed by atoms with van der Waals surface area (Å²) in [5.74, 6) is 1.05. The monoisotopic (exact) mass is 284 g/mol. The van der Waals surface area contributed by atoms with Crippen molar-refractivity contribution in [2.75, 3.05) is 46.2 Å². The number of rotatable bonds is 0. The molecule has 2 rings (SSSR count). The van der Waals surface area contributed by atoms with Crippen LogP contribution in [0.5, 0.6) is 11.5 Å². The first kappa shape index (κ1) is 15.1. The van der Waals surface area contributed by atoms with Crippen molar-refractivity contribution in [1.82, 2.24) is 0 Å². The fourth-order valence-electron chi connectivity index (χ4n) is 1.68. The predicted molar refractivity (Wildman–Crippen MR) is 71.0 cm³/mol. The zero-order valence-corrected chi connectivity index (χ0v) is 11.3. The van der Waals surface area contributed by atoms with Crippen molar-refractivity contribution in [3.05, 3.63) is 24.3 Å². The highest BCUT2D eigenvalue weighted by Crippen LogP contribution is 2.27. The van der Waals surface area contributed by atoms with Gasteiger partial charge in [-0.05, 0) is 12.1 Å². The molecule has 1 N–H and O–H groups in total. The lowest BCUT2D eigenvalue weighted by molar-refractivity contribution is -0.0856. The summed E-state index contributed by atoms with van der Waals surface area (Å²) in [4.78, 5) is 0. The number of aliphatic hydroxyl groups is 1. The average Bonchev–Trinajstić information content (AvgIpc) is 2.46. The van der Waals surface area contributed by atoms with Gasteiger partial charge >= 0.3 is 0 Å². The van der Waals surface area contributed by atoms with Gasteiger partial charge in [-0.2, -0.15) is 0 Å². The summed E-state index contributed by atoms with van der Waals surface area (Å²) < 4.78 is 26.9. The molecular formula is C14H20O6. The molecule has 1 aliphatic heterocycles. The number of hydrogen-bond acceptors (Lipinski definition) is 6. The van der Waals surface area contributed by atoms with Gasteiger partial charge in [0.15, 0.2) is 11.5 Å². The largest absolute Gasteiger partial charge is 0.487 e. The van der Waals surface area contributed by atoms with E-state index in [-0.39, 0.29) is 6.61 Å². The van der Waals surface area contributed by atoms with Gasteiger partial charge < -0.3 is 28.8 Å². The van der Waals surface area contributed by atoms with Crippen molar-refractivity contribution < 1.29 is 28.8 Å². The van der Waals surface area contributed by atoms with Crippen molar-refractivity contribution in [2.24, 2.45) is 0 Å². The fraction of sp³-hybridized carbons (Fsp3) is 0.571. The molecule has 20 heavy (non-hydrogen) atoms. The highest BCUT2D eigenvalue weighted by atomic mass is 16.6. The maximum atomic E-state index is 9.75. The van der Waals surface area contributed by atoms with E-state index in [4.69, 9.17) is 23.7 Å². The molecule has 112 valence electrons. The zero-order chi connectivity index (χ0) is 14.0. The number of para-hydroxylation sites is 2. The first-order valence-corrected chi connectivity index (χ1v) is 6.66. The van der Waals surface area contributed by atoms with Gasteiger partial charge in [-0.25, -0.2) is 0 Å². The van der Waals surface area contributed by atoms with E-state index in [1.54, 1.807) is 12.1 Å². The van der Waals surface area contributed by atoms with Crippen molar-refractivity contribution >= 4 is 0 Å². The second-order valence-corrected chi connectivity index (χ2v) is 4.17. The van der Waals surface area contributed by atoms with Gasteiger partial charge in [-0.3, -0.25) is 0 Å². The third-order valence-corrected chi connectivity index (χ3v) is 2.60. The number of aliphatic hydroxyl groups excluding tert-OH is 1. The van der Waals surface area contributed by atoms with Gasteiger partial charge in [0, 0.05) is 0 Å². The molecule has 1 aromatic carbocycles. The van der Waals surface area contributed by atoms with E-state index in [0.717, 1.165) is 0 Å². The predicted octanol–water partition coefficient (Wildman–Crippen LogP) is 0.826. The first-order chi connectivity index (χ1) is 9.86. The maximum Gasteiger partial charge on any atom is 0.221 e. The number of fused-ring (bicyclic) bond motifs is 1. The molecule has 0 saturated heterocycles. The van der Waals surface area contributed by atoms with E-state index in [2.05, 4.69) is 0 Å². The van der Waals surface area contributed by atoms with E-state index >= 15 is 0 Å². The van der Waals surface area contributed by atoms with E-state index in [9.17, 15) is 5.11 Å². The van der Waals surface area contributed by atoms with Crippen LogP contribution in [0.2, 0.25) is 0 Å². The number of benzene rings is 1. The normalized spacial score (nSPS) is 22.6. The van der Waals surface area contributed by atoms with Crippen molar-refractivity contribution in [1.29, 1.82) is 0 Å². The molecule has 0 amide bonds. The Morgan fingerprint density at radius 1 is 0.800 bits per heavy atom. The average molecular weight is 284 g/mol. The molecule has 1 heterocycles. The molecular weight excluding hydrogens is 264 g/mol. The van der Waals surface area contributed by atoms with Gasteiger partial charge in [-0.15, -0.1) is 0 Å². The summed E-state index contributed by atoms with van der Waals surface area (Å²) in [6, 6.07) is 7.17. The van der Waals surface area contributed by atoms with Crippen LogP contribution >= 0.6 is 0 Å². The summed E-state index contributed by atoms with van der Waals surface area (Å²) in [7, 11) is 0. The number of hydrogen-bond donors (Lipinski definition) is 1. The summed E-state index contributed by atoms with van der Waals surface area (Å²) in [6.07, 6.45) is -1.04. The molecule has 1 aromatic rings. The van der Waals surface area contributed by atoms with Gasteiger partial charge in [0.05, 0.1) is 33.0 Å². The smallest absolute Gasteiger partial charge is 0.221 e. The lowest BCUT2D eigenvalue weighted by atomic mass is 10.3. The highest BCUT2D eigenvalue weighted by molar-refractivity contribution is 5.39. The van der Waals surface area contributed by atoms with Crippen LogP contribution in [0.3, 0.4) is 0 Å².